The second kappa shape index (κ2) is 23.6. The zero-order valence-corrected chi connectivity index (χ0v) is 20.1. The molecule has 2 heteroatoms. The Morgan fingerprint density at radius 1 is 0.345 bits per heavy atom. The minimum atomic E-state index is 0.462. The molecule has 0 heterocycles. The zero-order chi connectivity index (χ0) is 21.4. The molecule has 0 saturated heterocycles. The largest absolute Gasteiger partial charge is 0.300 e. The predicted molar refractivity (Wildman–Crippen MR) is 128 cm³/mol. The summed E-state index contributed by atoms with van der Waals surface area (Å²) in [7, 11) is 0. The van der Waals surface area contributed by atoms with Crippen molar-refractivity contribution in [2.75, 3.05) is 0 Å². The Morgan fingerprint density at radius 3 is 0.793 bits per heavy atom. The van der Waals surface area contributed by atoms with Gasteiger partial charge in [0.2, 0.25) is 0 Å². The molecule has 0 unspecified atom stereocenters. The predicted octanol–water partition coefficient (Wildman–Crippen LogP) is 9.14. The molecule has 0 bridgehead atoms. The average Bonchev–Trinajstić information content (AvgIpc) is 2.71. The van der Waals surface area contributed by atoms with Crippen molar-refractivity contribution in [1.82, 2.24) is 0 Å². The molecule has 2 nitrogen and oxygen atoms in total. The Labute approximate surface area is 183 Å². The van der Waals surface area contributed by atoms with Crippen molar-refractivity contribution < 1.29 is 9.59 Å². The fourth-order valence-corrected chi connectivity index (χ4v) is 3.98. The Balaban J connectivity index is 3.27. The molecule has 0 fully saturated rings. The lowest BCUT2D eigenvalue weighted by Gasteiger charge is -2.04. The van der Waals surface area contributed by atoms with Crippen LogP contribution in [0.4, 0.5) is 0 Å². The van der Waals surface area contributed by atoms with E-state index in [1.807, 2.05) is 0 Å². The number of Topliss-reactive ketones (excluding diaryl/α,β-unsaturated/α-hetero) is 2. The van der Waals surface area contributed by atoms with Gasteiger partial charge in [-0.25, -0.2) is 0 Å². The van der Waals surface area contributed by atoms with Crippen molar-refractivity contribution >= 4 is 11.6 Å². The Morgan fingerprint density at radius 2 is 0.552 bits per heavy atom. The van der Waals surface area contributed by atoms with E-state index in [9.17, 15) is 9.59 Å². The van der Waals surface area contributed by atoms with E-state index in [1.54, 1.807) is 0 Å². The van der Waals surface area contributed by atoms with Gasteiger partial charge in [0.05, 0.1) is 0 Å². The van der Waals surface area contributed by atoms with Crippen LogP contribution in [0.15, 0.2) is 0 Å². The number of hydrogen-bond donors (Lipinski definition) is 0. The van der Waals surface area contributed by atoms with Gasteiger partial charge in [-0.3, -0.25) is 9.59 Å². The first kappa shape index (κ1) is 28.3. The molecule has 0 spiro atoms. The maximum absolute atomic E-state index is 11.9. The maximum Gasteiger partial charge on any atom is 0.132 e. The minimum Gasteiger partial charge on any atom is -0.300 e. The molecule has 172 valence electrons. The molecule has 0 aliphatic carbocycles. The van der Waals surface area contributed by atoms with Crippen molar-refractivity contribution in [3.05, 3.63) is 0 Å². The summed E-state index contributed by atoms with van der Waals surface area (Å²) >= 11 is 0. The summed E-state index contributed by atoms with van der Waals surface area (Å²) in [5, 5.41) is 0. The molecular formula is C27H52O2. The third kappa shape index (κ3) is 23.5. The van der Waals surface area contributed by atoms with Gasteiger partial charge in [-0.05, 0) is 25.7 Å². The Bertz CT molecular complexity index is 328. The molecule has 0 atom stereocenters. The summed E-state index contributed by atoms with van der Waals surface area (Å²) in [6, 6.07) is 0. The molecule has 0 aromatic rings. The summed E-state index contributed by atoms with van der Waals surface area (Å²) in [6.45, 7) is 4.49. The van der Waals surface area contributed by atoms with Gasteiger partial charge in [-0.15, -0.1) is 0 Å². The molecule has 0 aliphatic rings. The first-order chi connectivity index (χ1) is 14.2. The lowest BCUT2D eigenvalue weighted by atomic mass is 10.0. The summed E-state index contributed by atoms with van der Waals surface area (Å²) in [5.41, 5.74) is 0. The molecule has 0 aromatic carbocycles. The number of rotatable bonds is 24. The fourth-order valence-electron chi connectivity index (χ4n) is 3.98. The van der Waals surface area contributed by atoms with E-state index < -0.39 is 0 Å². The second-order valence-corrected chi connectivity index (χ2v) is 9.09. The van der Waals surface area contributed by atoms with Gasteiger partial charge in [0.1, 0.15) is 11.6 Å². The fraction of sp³-hybridized carbons (Fsp3) is 0.926. The van der Waals surface area contributed by atoms with Gasteiger partial charge in [0.15, 0.2) is 0 Å². The van der Waals surface area contributed by atoms with Gasteiger partial charge >= 0.3 is 0 Å². The second-order valence-electron chi connectivity index (χ2n) is 9.09. The van der Waals surface area contributed by atoms with E-state index in [1.165, 1.54) is 83.5 Å². The first-order valence-corrected chi connectivity index (χ1v) is 13.2. The number of carbonyl (C=O) groups is 2. The van der Waals surface area contributed by atoms with Crippen LogP contribution in [0.1, 0.15) is 162 Å². The van der Waals surface area contributed by atoms with E-state index in [-0.39, 0.29) is 0 Å². The summed E-state index contributed by atoms with van der Waals surface area (Å²) < 4.78 is 0. The molecule has 0 radical (unpaired) electrons. The molecule has 29 heavy (non-hydrogen) atoms. The highest BCUT2D eigenvalue weighted by molar-refractivity contribution is 5.78. The van der Waals surface area contributed by atoms with Crippen LogP contribution in [0.2, 0.25) is 0 Å². The third-order valence-corrected chi connectivity index (χ3v) is 6.03. The Hall–Kier alpha value is -0.660. The van der Waals surface area contributed by atoms with E-state index in [0.717, 1.165) is 64.2 Å². The number of ketones is 2. The van der Waals surface area contributed by atoms with Crippen LogP contribution >= 0.6 is 0 Å². The van der Waals surface area contributed by atoms with Crippen molar-refractivity contribution in [1.29, 1.82) is 0 Å². The molecule has 0 amide bonds. The lowest BCUT2D eigenvalue weighted by Crippen LogP contribution is -1.99. The summed E-state index contributed by atoms with van der Waals surface area (Å²) in [4.78, 5) is 23.8. The molecular weight excluding hydrogens is 356 g/mol. The van der Waals surface area contributed by atoms with Crippen LogP contribution in [0.3, 0.4) is 0 Å². The monoisotopic (exact) mass is 408 g/mol. The smallest absolute Gasteiger partial charge is 0.132 e. The van der Waals surface area contributed by atoms with Crippen molar-refractivity contribution in [3.63, 3.8) is 0 Å². The summed E-state index contributed by atoms with van der Waals surface area (Å²) in [5.74, 6) is 0.923. The minimum absolute atomic E-state index is 0.462. The highest BCUT2D eigenvalue weighted by atomic mass is 16.1. The first-order valence-electron chi connectivity index (χ1n) is 13.2. The highest BCUT2D eigenvalue weighted by Gasteiger charge is 2.04. The maximum atomic E-state index is 11.9. The topological polar surface area (TPSA) is 34.1 Å². The van der Waals surface area contributed by atoms with Gasteiger partial charge in [0.25, 0.3) is 0 Å². The highest BCUT2D eigenvalue weighted by Crippen LogP contribution is 2.13. The van der Waals surface area contributed by atoms with E-state index in [2.05, 4.69) is 13.8 Å². The molecule has 0 rings (SSSR count). The number of carbonyl (C=O) groups excluding carboxylic acids is 2. The van der Waals surface area contributed by atoms with Crippen LogP contribution in [0.25, 0.3) is 0 Å². The molecule has 0 N–H and O–H groups in total. The van der Waals surface area contributed by atoms with Gasteiger partial charge in [-0.1, -0.05) is 110 Å². The number of hydrogen-bond acceptors (Lipinski definition) is 2. The normalized spacial score (nSPS) is 11.1. The van der Waals surface area contributed by atoms with Crippen LogP contribution in [0.5, 0.6) is 0 Å². The average molecular weight is 409 g/mol. The van der Waals surface area contributed by atoms with Crippen molar-refractivity contribution in [3.8, 4) is 0 Å². The van der Waals surface area contributed by atoms with Crippen molar-refractivity contribution in [2.45, 2.75) is 162 Å². The SMILES string of the molecule is CCCCCCCCCC(=O)CCCCCCCC(=O)CCCCCCCCC. The third-order valence-electron chi connectivity index (χ3n) is 6.03. The van der Waals surface area contributed by atoms with E-state index >= 15 is 0 Å². The van der Waals surface area contributed by atoms with Crippen molar-refractivity contribution in [2.24, 2.45) is 0 Å². The zero-order valence-electron chi connectivity index (χ0n) is 20.1. The lowest BCUT2D eigenvalue weighted by molar-refractivity contribution is -0.120. The molecule has 0 saturated carbocycles. The van der Waals surface area contributed by atoms with Crippen LogP contribution in [-0.4, -0.2) is 11.6 Å². The van der Waals surface area contributed by atoms with Crippen LogP contribution in [0, 0.1) is 0 Å². The van der Waals surface area contributed by atoms with Gasteiger partial charge in [-0.2, -0.15) is 0 Å². The standard InChI is InChI=1S/C27H52O2/c1-3-5-7-9-11-14-18-22-26(28)24-20-16-13-17-21-25-27(29)23-19-15-12-10-8-6-4-2/h3-25H2,1-2H3. The number of unbranched alkanes of at least 4 members (excludes halogenated alkanes) is 16. The molecule has 0 aromatic heterocycles. The van der Waals surface area contributed by atoms with Gasteiger partial charge in [0, 0.05) is 25.7 Å². The van der Waals surface area contributed by atoms with E-state index in [0.29, 0.717) is 11.6 Å². The van der Waals surface area contributed by atoms with Gasteiger partial charge < -0.3 is 0 Å². The van der Waals surface area contributed by atoms with E-state index in [4.69, 9.17) is 0 Å². The van der Waals surface area contributed by atoms with Crippen LogP contribution < -0.4 is 0 Å². The Kier molecular flexibility index (Phi) is 23.1. The van der Waals surface area contributed by atoms with Crippen LogP contribution in [-0.2, 0) is 9.59 Å². The quantitative estimate of drug-likeness (QED) is 0.149. The summed E-state index contributed by atoms with van der Waals surface area (Å²) in [6.07, 6.45) is 26.6. The molecule has 0 aliphatic heterocycles.